The van der Waals surface area contributed by atoms with Crippen molar-refractivity contribution in [2.45, 2.75) is 13.2 Å². The molecular formula is C25H23BN7. The van der Waals surface area contributed by atoms with Gasteiger partial charge in [0.15, 0.2) is 0 Å². The molecule has 3 aromatic rings. The monoisotopic (exact) mass is 432 g/mol. The normalized spacial score (nSPS) is 11.8. The number of nitriles is 1. The second-order valence-electron chi connectivity index (χ2n) is 7.14. The Hall–Kier alpha value is -4.22. The zero-order valence-corrected chi connectivity index (χ0v) is 18.4. The minimum Gasteiger partial charge on any atom is -0.325 e. The highest BCUT2D eigenvalue weighted by Crippen LogP contribution is 2.32. The van der Waals surface area contributed by atoms with Crippen LogP contribution in [-0.2, 0) is 6.32 Å². The molecule has 2 aromatic heterocycles. The summed E-state index contributed by atoms with van der Waals surface area (Å²) in [6, 6.07) is 16.8. The van der Waals surface area contributed by atoms with Crippen LogP contribution in [0.25, 0.3) is 11.3 Å². The minimum absolute atomic E-state index is 0.0274. The van der Waals surface area contributed by atoms with Gasteiger partial charge in [-0.15, -0.1) is 5.98 Å². The molecule has 0 fully saturated rings. The summed E-state index contributed by atoms with van der Waals surface area (Å²) < 4.78 is 0. The first kappa shape index (κ1) is 23.4. The third kappa shape index (κ3) is 5.94. The van der Waals surface area contributed by atoms with Gasteiger partial charge in [0.05, 0.1) is 28.7 Å². The second-order valence-corrected chi connectivity index (χ2v) is 7.14. The number of rotatable bonds is 9. The smallest absolute Gasteiger partial charge is 0.149 e. The molecule has 1 aromatic carbocycles. The van der Waals surface area contributed by atoms with Gasteiger partial charge in [0.1, 0.15) is 13.6 Å². The molecule has 0 amide bonds. The Kier molecular flexibility index (Phi) is 8.11. The molecule has 0 aliphatic carbocycles. The number of hydrogen-bond acceptors (Lipinski definition) is 7. The fraction of sp³-hybridized carbons (Fsp3) is 0.120. The van der Waals surface area contributed by atoms with E-state index in [-0.39, 0.29) is 12.3 Å². The number of allylic oxidation sites excluding steroid dienone is 1. The fourth-order valence-electron chi connectivity index (χ4n) is 3.33. The molecule has 0 saturated carbocycles. The molecule has 7 nitrogen and oxygen atoms in total. The average molecular weight is 432 g/mol. The quantitative estimate of drug-likeness (QED) is 0.305. The van der Waals surface area contributed by atoms with Crippen molar-refractivity contribution in [3.05, 3.63) is 101 Å². The fourth-order valence-corrected chi connectivity index (χ4v) is 3.33. The predicted octanol–water partition coefficient (Wildman–Crippen LogP) is 3.39. The van der Waals surface area contributed by atoms with Crippen molar-refractivity contribution >= 4 is 31.0 Å². The van der Waals surface area contributed by atoms with E-state index in [1.807, 2.05) is 44.4 Å². The number of aryl methyl sites for hydroxylation is 1. The third-order valence-electron chi connectivity index (χ3n) is 4.85. The summed E-state index contributed by atoms with van der Waals surface area (Å²) in [5.41, 5.74) is 11.4. The van der Waals surface area contributed by atoms with Gasteiger partial charge in [0, 0.05) is 35.3 Å². The molecule has 0 aliphatic rings. The maximum atomic E-state index is 9.35. The molecule has 0 bridgehead atoms. The van der Waals surface area contributed by atoms with Crippen LogP contribution in [-0.4, -0.2) is 41.2 Å². The number of pyridine rings is 1. The van der Waals surface area contributed by atoms with Gasteiger partial charge in [0.25, 0.3) is 0 Å². The number of aliphatic imine (C=N–C) groups is 1. The van der Waals surface area contributed by atoms with Crippen molar-refractivity contribution in [1.82, 2.24) is 15.0 Å². The van der Waals surface area contributed by atoms with E-state index in [0.717, 1.165) is 11.4 Å². The molecule has 0 aliphatic heterocycles. The van der Waals surface area contributed by atoms with Gasteiger partial charge in [-0.1, -0.05) is 18.2 Å². The molecule has 3 rings (SSSR count). The number of nitrogens with one attached hydrogen (secondary N) is 1. The summed E-state index contributed by atoms with van der Waals surface area (Å²) in [5, 5.41) is 17.9. The lowest BCUT2D eigenvalue weighted by molar-refractivity contribution is 1.10. The molecule has 161 valence electrons. The van der Waals surface area contributed by atoms with Crippen molar-refractivity contribution in [3.63, 3.8) is 0 Å². The Balaban J connectivity index is 2.16. The van der Waals surface area contributed by atoms with Gasteiger partial charge in [-0.2, -0.15) is 5.26 Å². The third-order valence-corrected chi connectivity index (χ3v) is 4.85. The Morgan fingerprint density at radius 2 is 2.09 bits per heavy atom. The van der Waals surface area contributed by atoms with E-state index in [4.69, 9.17) is 11.1 Å². The average Bonchev–Trinajstić information content (AvgIpc) is 2.85. The summed E-state index contributed by atoms with van der Waals surface area (Å²) in [7, 11) is 1.94. The number of hydrogen-bond donors (Lipinski definition) is 2. The van der Waals surface area contributed by atoms with E-state index in [9.17, 15) is 5.26 Å². The number of benzene rings is 1. The van der Waals surface area contributed by atoms with E-state index in [2.05, 4.69) is 32.7 Å². The Bertz CT molecular complexity index is 1260. The number of aromatic nitrogens is 3. The van der Waals surface area contributed by atoms with E-state index in [1.165, 1.54) is 6.33 Å². The van der Waals surface area contributed by atoms with Crippen LogP contribution in [0, 0.1) is 23.7 Å². The standard InChI is InChI=1S/C25H23BN7/c1-17-5-3-8-20(33-17)12-26-13-21(22(29)15-28)24(23-9-10-31-16-32-23)25(30-2)19-7-4-6-18(11-19)14-27/h3-11,13,16,29H,2,12,15,28H2,1H3/b21-13+,25-24+,29-22?. The molecule has 2 heterocycles. The van der Waals surface area contributed by atoms with Crippen LogP contribution in [0.1, 0.15) is 28.2 Å². The molecule has 0 atom stereocenters. The van der Waals surface area contributed by atoms with Crippen molar-refractivity contribution in [2.75, 3.05) is 6.54 Å². The zero-order chi connectivity index (χ0) is 23.6. The van der Waals surface area contributed by atoms with Crippen molar-refractivity contribution in [1.29, 1.82) is 10.7 Å². The van der Waals surface area contributed by atoms with Crippen molar-refractivity contribution < 1.29 is 0 Å². The summed E-state index contributed by atoms with van der Waals surface area (Å²) in [4.78, 5) is 17.2. The highest BCUT2D eigenvalue weighted by atomic mass is 14.8. The van der Waals surface area contributed by atoms with E-state index < -0.39 is 0 Å². The first-order valence-corrected chi connectivity index (χ1v) is 10.3. The summed E-state index contributed by atoms with van der Waals surface area (Å²) in [5.74, 6) is 1.84. The van der Waals surface area contributed by atoms with E-state index in [1.54, 1.807) is 30.5 Å². The lowest BCUT2D eigenvalue weighted by atomic mass is 9.70. The SMILES string of the molecule is C=N/C(=C(\C(=C\[B]Cc1cccc(C)n1)C(=N)CN)c1ccncn1)c1cccc(C#N)c1. The Labute approximate surface area is 194 Å². The maximum Gasteiger partial charge on any atom is 0.149 e. The van der Waals surface area contributed by atoms with Crippen LogP contribution in [0.5, 0.6) is 0 Å². The molecule has 1 radical (unpaired) electrons. The molecule has 3 N–H and O–H groups in total. The van der Waals surface area contributed by atoms with Crippen LogP contribution in [0.3, 0.4) is 0 Å². The predicted molar refractivity (Wildman–Crippen MR) is 133 cm³/mol. The van der Waals surface area contributed by atoms with Gasteiger partial charge < -0.3 is 11.1 Å². The first-order chi connectivity index (χ1) is 16.1. The lowest BCUT2D eigenvalue weighted by Crippen LogP contribution is -2.18. The molecule has 0 saturated heterocycles. The van der Waals surface area contributed by atoms with Gasteiger partial charge >= 0.3 is 0 Å². The Morgan fingerprint density at radius 3 is 2.76 bits per heavy atom. The topological polar surface area (TPSA) is 125 Å². The molecular weight excluding hydrogens is 409 g/mol. The highest BCUT2D eigenvalue weighted by Gasteiger charge is 2.19. The molecule has 0 unspecified atom stereocenters. The minimum atomic E-state index is 0.0274. The zero-order valence-electron chi connectivity index (χ0n) is 18.4. The van der Waals surface area contributed by atoms with Gasteiger partial charge in [-0.25, -0.2) is 9.97 Å². The van der Waals surface area contributed by atoms with Crippen LogP contribution in [0.2, 0.25) is 0 Å². The lowest BCUT2D eigenvalue weighted by Gasteiger charge is -2.17. The van der Waals surface area contributed by atoms with Gasteiger partial charge in [0.2, 0.25) is 0 Å². The summed E-state index contributed by atoms with van der Waals surface area (Å²) in [6.45, 7) is 5.74. The van der Waals surface area contributed by atoms with Crippen LogP contribution >= 0.6 is 0 Å². The largest absolute Gasteiger partial charge is 0.325 e. The van der Waals surface area contributed by atoms with Crippen LogP contribution < -0.4 is 5.73 Å². The molecule has 0 spiro atoms. The Morgan fingerprint density at radius 1 is 1.27 bits per heavy atom. The summed E-state index contributed by atoms with van der Waals surface area (Å²) >= 11 is 0. The summed E-state index contributed by atoms with van der Waals surface area (Å²) in [6.07, 6.45) is 3.64. The second kappa shape index (κ2) is 11.4. The van der Waals surface area contributed by atoms with Gasteiger partial charge in [-0.3, -0.25) is 9.98 Å². The highest BCUT2D eigenvalue weighted by molar-refractivity contribution is 6.44. The van der Waals surface area contributed by atoms with Crippen LogP contribution in [0.4, 0.5) is 0 Å². The maximum absolute atomic E-state index is 9.35. The van der Waals surface area contributed by atoms with Crippen molar-refractivity contribution in [2.24, 2.45) is 10.7 Å². The van der Waals surface area contributed by atoms with E-state index in [0.29, 0.717) is 40.0 Å². The first-order valence-electron chi connectivity index (χ1n) is 10.3. The molecule has 8 heteroatoms. The van der Waals surface area contributed by atoms with E-state index >= 15 is 0 Å². The van der Waals surface area contributed by atoms with Crippen LogP contribution in [0.15, 0.2) is 77.6 Å². The van der Waals surface area contributed by atoms with Crippen molar-refractivity contribution in [3.8, 4) is 6.07 Å². The van der Waals surface area contributed by atoms with Gasteiger partial charge in [-0.05, 0) is 55.9 Å². The number of nitrogens with two attached hydrogens (primary N) is 1. The number of nitrogens with zero attached hydrogens (tertiary/aromatic N) is 5. The molecule has 33 heavy (non-hydrogen) atoms.